The molecule has 0 aromatic carbocycles. The Bertz CT molecular complexity index is 803. The van der Waals surface area contributed by atoms with E-state index < -0.39 is 0 Å². The number of carbonyl (C=O) groups is 3. The number of rotatable bonds is 46. The Balaban J connectivity index is 0. The molecule has 0 amide bonds. The van der Waals surface area contributed by atoms with Crippen LogP contribution in [-0.2, 0) is 23.9 Å². The van der Waals surface area contributed by atoms with Crippen molar-refractivity contribution >= 4 is 18.4 Å². The lowest BCUT2D eigenvalue weighted by atomic mass is 9.89. The van der Waals surface area contributed by atoms with Crippen LogP contribution in [-0.4, -0.2) is 61.3 Å². The van der Waals surface area contributed by atoms with E-state index in [1.807, 2.05) is 0 Å². The first kappa shape index (κ1) is 60.5. The number of hydrogen-bond donors (Lipinski definition) is 1. The fraction of sp³-hybridized carbons (Fsp3) is 0.943. The summed E-state index contributed by atoms with van der Waals surface area (Å²) < 4.78 is 11.4. The van der Waals surface area contributed by atoms with E-state index in [1.165, 1.54) is 199 Å². The molecule has 0 aliphatic heterocycles. The van der Waals surface area contributed by atoms with E-state index in [4.69, 9.17) is 19.4 Å². The number of nitrogens with zero attached hydrogens (tertiary/aromatic N) is 1. The Labute approximate surface area is 374 Å². The normalized spacial score (nSPS) is 11.4. The smallest absolute Gasteiger partial charge is 0.305 e. The Kier molecular flexibility index (Phi) is 50.4. The molecule has 0 heterocycles. The van der Waals surface area contributed by atoms with Crippen LogP contribution >= 0.6 is 0 Å². The lowest BCUT2D eigenvalue weighted by Crippen LogP contribution is -2.23. The van der Waals surface area contributed by atoms with Crippen LogP contribution in [0.3, 0.4) is 0 Å². The molecule has 0 radical (unpaired) electrons. The predicted molar refractivity (Wildman–Crippen MR) is 258 cm³/mol. The molecule has 0 aromatic rings. The fourth-order valence-electron chi connectivity index (χ4n) is 8.80. The fourth-order valence-corrected chi connectivity index (χ4v) is 8.80. The molecular weight excluding hydrogens is 747 g/mol. The van der Waals surface area contributed by atoms with Crippen LogP contribution in [0.15, 0.2) is 0 Å². The summed E-state index contributed by atoms with van der Waals surface area (Å²) in [5.41, 5.74) is 0. The van der Waals surface area contributed by atoms with Gasteiger partial charge in [-0.15, -0.1) is 0 Å². The van der Waals surface area contributed by atoms with Gasteiger partial charge in [0.15, 0.2) is 0 Å². The van der Waals surface area contributed by atoms with E-state index in [0.29, 0.717) is 26.1 Å². The van der Waals surface area contributed by atoms with E-state index in [0.717, 1.165) is 56.3 Å². The van der Waals surface area contributed by atoms with Gasteiger partial charge >= 0.3 is 11.9 Å². The minimum absolute atomic E-state index is 0.0199. The molecule has 0 rings (SSSR count). The molecule has 358 valence electrons. The molecule has 1 N–H and O–H groups in total. The van der Waals surface area contributed by atoms with Crippen molar-refractivity contribution < 1.29 is 29.0 Å². The molecule has 0 unspecified atom stereocenters. The third kappa shape index (κ3) is 44.4. The lowest BCUT2D eigenvalue weighted by Gasteiger charge is -2.19. The number of carbonyl (C=O) groups excluding carboxylic acids is 2. The van der Waals surface area contributed by atoms with Gasteiger partial charge in [-0.1, -0.05) is 228 Å². The molecule has 0 spiro atoms. The Morgan fingerprint density at radius 2 is 0.683 bits per heavy atom. The summed E-state index contributed by atoms with van der Waals surface area (Å²) in [5, 5.41) is 6.89. The van der Waals surface area contributed by atoms with Crippen LogP contribution in [0.25, 0.3) is 0 Å². The van der Waals surface area contributed by atoms with Crippen LogP contribution < -0.4 is 0 Å². The van der Waals surface area contributed by atoms with Crippen LogP contribution in [0.1, 0.15) is 273 Å². The average Bonchev–Trinajstić information content (AvgIpc) is 3.24. The Morgan fingerprint density at radius 1 is 0.417 bits per heavy atom. The lowest BCUT2D eigenvalue weighted by molar-refractivity contribution is -0.145. The third-order valence-corrected chi connectivity index (χ3v) is 12.9. The highest BCUT2D eigenvalue weighted by Crippen LogP contribution is 2.26. The first-order valence-electron chi connectivity index (χ1n) is 26.5. The van der Waals surface area contributed by atoms with Gasteiger partial charge in [-0.05, 0) is 69.5 Å². The molecule has 7 nitrogen and oxygen atoms in total. The maximum absolute atomic E-state index is 12.4. The average molecular weight is 852 g/mol. The molecule has 0 saturated carbocycles. The van der Waals surface area contributed by atoms with E-state index in [2.05, 4.69) is 46.4 Å². The molecular formula is C53H105NO6. The number of hydrogen-bond acceptors (Lipinski definition) is 6. The summed E-state index contributed by atoms with van der Waals surface area (Å²) in [6.07, 6.45) is 44.2. The van der Waals surface area contributed by atoms with Crippen molar-refractivity contribution in [1.82, 2.24) is 4.90 Å². The van der Waals surface area contributed by atoms with Gasteiger partial charge in [0.25, 0.3) is 6.47 Å². The highest BCUT2D eigenvalue weighted by atomic mass is 16.5. The monoisotopic (exact) mass is 852 g/mol. The second kappa shape index (κ2) is 50.0. The van der Waals surface area contributed by atoms with E-state index in [-0.39, 0.29) is 18.4 Å². The summed E-state index contributed by atoms with van der Waals surface area (Å²) in [4.78, 5) is 35.8. The van der Waals surface area contributed by atoms with E-state index in [1.54, 1.807) is 0 Å². The highest BCUT2D eigenvalue weighted by molar-refractivity contribution is 5.69. The molecule has 0 atom stereocenters. The quantitative estimate of drug-likeness (QED) is 0.0370. The molecule has 0 saturated heterocycles. The van der Waals surface area contributed by atoms with Gasteiger partial charge < -0.3 is 19.5 Å². The van der Waals surface area contributed by atoms with Gasteiger partial charge in [-0.3, -0.25) is 14.4 Å². The summed E-state index contributed by atoms with van der Waals surface area (Å²) in [7, 11) is 0. The maximum atomic E-state index is 12.4. The molecule has 0 fully saturated rings. The molecule has 0 bridgehead atoms. The van der Waals surface area contributed by atoms with Crippen molar-refractivity contribution in [2.75, 3.05) is 32.8 Å². The molecule has 0 aliphatic rings. The molecule has 7 heteroatoms. The van der Waals surface area contributed by atoms with Crippen molar-refractivity contribution in [3.05, 3.63) is 0 Å². The summed E-state index contributed by atoms with van der Waals surface area (Å²) in [6, 6.07) is 0. The van der Waals surface area contributed by atoms with Crippen molar-refractivity contribution in [1.29, 1.82) is 0 Å². The van der Waals surface area contributed by atoms with E-state index >= 15 is 0 Å². The van der Waals surface area contributed by atoms with E-state index in [9.17, 15) is 9.59 Å². The summed E-state index contributed by atoms with van der Waals surface area (Å²) in [5.74, 6) is 2.34. The second-order valence-electron chi connectivity index (χ2n) is 18.2. The predicted octanol–water partition coefficient (Wildman–Crippen LogP) is 16.1. The minimum atomic E-state index is -0.250. The van der Waals surface area contributed by atoms with Gasteiger partial charge in [0.1, 0.15) is 0 Å². The molecule has 60 heavy (non-hydrogen) atoms. The third-order valence-electron chi connectivity index (χ3n) is 12.9. The first-order valence-corrected chi connectivity index (χ1v) is 26.5. The van der Waals surface area contributed by atoms with Crippen molar-refractivity contribution in [3.8, 4) is 0 Å². The molecule has 0 aromatic heterocycles. The zero-order chi connectivity index (χ0) is 44.6. The van der Waals surface area contributed by atoms with Gasteiger partial charge in [0.05, 0.1) is 13.2 Å². The topological polar surface area (TPSA) is 93.1 Å². The molecule has 0 aliphatic carbocycles. The zero-order valence-electron chi connectivity index (χ0n) is 41.2. The van der Waals surface area contributed by atoms with Gasteiger partial charge in [0, 0.05) is 12.8 Å². The van der Waals surface area contributed by atoms with Gasteiger partial charge in [-0.25, -0.2) is 0 Å². The van der Waals surface area contributed by atoms with Crippen LogP contribution in [0, 0.1) is 17.8 Å². The number of unbranched alkanes of at least 4 members (excludes halogenated alkanes) is 18. The van der Waals surface area contributed by atoms with Gasteiger partial charge in [-0.2, -0.15) is 0 Å². The number of carboxylic acid groups (broad SMARTS) is 1. The Morgan fingerprint density at radius 3 is 1.00 bits per heavy atom. The minimum Gasteiger partial charge on any atom is -0.483 e. The summed E-state index contributed by atoms with van der Waals surface area (Å²) >= 11 is 0. The Hall–Kier alpha value is -1.63. The zero-order valence-corrected chi connectivity index (χ0v) is 41.2. The van der Waals surface area contributed by atoms with Crippen molar-refractivity contribution in [3.63, 3.8) is 0 Å². The number of esters is 2. The highest BCUT2D eigenvalue weighted by Gasteiger charge is 2.13. The first-order chi connectivity index (χ1) is 29.3. The largest absolute Gasteiger partial charge is 0.483 e. The van der Waals surface area contributed by atoms with Crippen molar-refractivity contribution in [2.45, 2.75) is 273 Å². The van der Waals surface area contributed by atoms with Crippen LogP contribution in [0.5, 0.6) is 0 Å². The van der Waals surface area contributed by atoms with Crippen LogP contribution in [0.4, 0.5) is 0 Å². The number of ether oxygens (including phenoxy) is 2. The second-order valence-corrected chi connectivity index (χ2v) is 18.2. The maximum Gasteiger partial charge on any atom is 0.305 e. The SMILES string of the molecule is CCCCCC(CCCCC)CCOC(=O)CCCCCCCC(CCCCCCCC(=O)OCCC(CCCCC)CCCCC)CCCCCN(CC)CC.O=CO. The van der Waals surface area contributed by atoms with Gasteiger partial charge in [0.2, 0.25) is 0 Å². The van der Waals surface area contributed by atoms with Crippen LogP contribution in [0.2, 0.25) is 0 Å². The standard InChI is InChI=1S/C52H103NO4.CH2O2/c1-7-13-24-34-49(35-25-14-8-2)43-46-56-51(54)41-31-21-17-19-28-38-48(40-30-23-33-45-53(11-5)12-6)39-29-20-18-22-32-42-52(55)57-47-44-50(36-26-15-9-3)37-27-16-10-4;2-1-3/h48-50H,7-47H2,1-6H3;1H,(H,2,3). The summed E-state index contributed by atoms with van der Waals surface area (Å²) in [6.45, 7) is 18.2. The van der Waals surface area contributed by atoms with Crippen molar-refractivity contribution in [2.24, 2.45) is 17.8 Å².